The summed E-state index contributed by atoms with van der Waals surface area (Å²) in [4.78, 5) is 24.3. The second kappa shape index (κ2) is 5.80. The van der Waals surface area contributed by atoms with Gasteiger partial charge in [0.05, 0.1) is 36.0 Å². The second-order valence-corrected chi connectivity index (χ2v) is 6.01. The first-order chi connectivity index (χ1) is 12.1. The number of methoxy groups -OCH3 is 1. The lowest BCUT2D eigenvalue weighted by molar-refractivity contribution is -0.117. The number of hydrogen-bond donors (Lipinski definition) is 1. The Morgan fingerprint density at radius 3 is 2.88 bits per heavy atom. The lowest BCUT2D eigenvalue weighted by Gasteiger charge is -2.07. The van der Waals surface area contributed by atoms with Crippen LogP contribution in [0.4, 0.5) is 10.2 Å². The van der Waals surface area contributed by atoms with Crippen LogP contribution in [0.15, 0.2) is 30.9 Å². The largest absolute Gasteiger partial charge is 0.480 e. The quantitative estimate of drug-likeness (QED) is 0.788. The van der Waals surface area contributed by atoms with E-state index in [1.165, 1.54) is 6.33 Å². The third kappa shape index (κ3) is 2.69. The summed E-state index contributed by atoms with van der Waals surface area (Å²) in [6.07, 6.45) is 4.04. The highest BCUT2D eigenvalue weighted by Gasteiger charge is 2.43. The zero-order chi connectivity index (χ0) is 17.6. The van der Waals surface area contributed by atoms with Crippen LogP contribution in [-0.2, 0) is 11.8 Å². The van der Waals surface area contributed by atoms with E-state index < -0.39 is 12.1 Å². The topological polar surface area (TPSA) is 81.9 Å². The van der Waals surface area contributed by atoms with Gasteiger partial charge in [-0.25, -0.2) is 19.3 Å². The molecule has 3 aromatic heterocycles. The van der Waals surface area contributed by atoms with Crippen molar-refractivity contribution in [3.05, 3.63) is 30.9 Å². The van der Waals surface area contributed by atoms with Crippen LogP contribution in [0.5, 0.6) is 5.88 Å². The van der Waals surface area contributed by atoms with Gasteiger partial charge < -0.3 is 14.6 Å². The van der Waals surface area contributed by atoms with E-state index >= 15 is 0 Å². The summed E-state index contributed by atoms with van der Waals surface area (Å²) >= 11 is 0. The highest BCUT2D eigenvalue weighted by Crippen LogP contribution is 2.35. The highest BCUT2D eigenvalue weighted by molar-refractivity contribution is 5.96. The van der Waals surface area contributed by atoms with Gasteiger partial charge >= 0.3 is 0 Å². The molecule has 0 aromatic carbocycles. The number of nitrogens with one attached hydrogen (secondary N) is 1. The summed E-state index contributed by atoms with van der Waals surface area (Å²) in [6.45, 7) is 0. The number of ether oxygens (including phenoxy) is 1. The van der Waals surface area contributed by atoms with Crippen LogP contribution in [0.2, 0.25) is 0 Å². The Morgan fingerprint density at radius 2 is 2.16 bits per heavy atom. The van der Waals surface area contributed by atoms with Crippen molar-refractivity contribution in [1.82, 2.24) is 19.5 Å². The SMILES string of the molecule is COc1ncncc1-c1cc2cc(NC(=O)C3CC3F)ncc2n1C. The van der Waals surface area contributed by atoms with Gasteiger partial charge in [-0.05, 0) is 18.6 Å². The smallest absolute Gasteiger partial charge is 0.231 e. The fourth-order valence-electron chi connectivity index (χ4n) is 2.87. The number of rotatable bonds is 4. The fourth-order valence-corrected chi connectivity index (χ4v) is 2.87. The van der Waals surface area contributed by atoms with E-state index in [4.69, 9.17) is 4.74 Å². The number of amides is 1. The van der Waals surface area contributed by atoms with Gasteiger partial charge in [0.25, 0.3) is 0 Å². The predicted octanol–water partition coefficient (Wildman–Crippen LogP) is 2.34. The van der Waals surface area contributed by atoms with Crippen molar-refractivity contribution >= 4 is 22.6 Å². The molecule has 1 fully saturated rings. The summed E-state index contributed by atoms with van der Waals surface area (Å²) in [7, 11) is 3.46. The van der Waals surface area contributed by atoms with E-state index in [1.54, 1.807) is 25.6 Å². The number of fused-ring (bicyclic) bond motifs is 1. The van der Waals surface area contributed by atoms with E-state index in [-0.39, 0.29) is 12.3 Å². The van der Waals surface area contributed by atoms with Gasteiger partial charge in [-0.2, -0.15) is 0 Å². The Balaban J connectivity index is 1.71. The maximum absolute atomic E-state index is 13.0. The molecule has 4 rings (SSSR count). The van der Waals surface area contributed by atoms with Crippen molar-refractivity contribution < 1.29 is 13.9 Å². The third-order valence-electron chi connectivity index (χ3n) is 4.37. The molecule has 1 amide bonds. The van der Waals surface area contributed by atoms with E-state index in [2.05, 4.69) is 20.3 Å². The maximum Gasteiger partial charge on any atom is 0.231 e. The Bertz CT molecular complexity index is 971. The van der Waals surface area contributed by atoms with Gasteiger partial charge in [-0.1, -0.05) is 0 Å². The molecule has 0 saturated heterocycles. The average molecular weight is 341 g/mol. The Hall–Kier alpha value is -3.03. The molecule has 8 heteroatoms. The Kier molecular flexibility index (Phi) is 3.60. The lowest BCUT2D eigenvalue weighted by atomic mass is 10.2. The van der Waals surface area contributed by atoms with Crippen LogP contribution in [0.25, 0.3) is 22.2 Å². The summed E-state index contributed by atoms with van der Waals surface area (Å²) in [5.74, 6) is 0.0123. The molecule has 128 valence electrons. The van der Waals surface area contributed by atoms with Crippen molar-refractivity contribution in [3.8, 4) is 17.1 Å². The first-order valence-electron chi connectivity index (χ1n) is 7.83. The standard InChI is InChI=1S/C17H16FN5O2/c1-23-13(11-6-19-8-21-17(11)25-2)3-9-4-15(20-7-14(9)23)22-16(24)10-5-12(10)18/h3-4,6-8,10,12H,5H2,1-2H3,(H,20,22,24). The van der Waals surface area contributed by atoms with Crippen molar-refractivity contribution in [3.63, 3.8) is 0 Å². The number of aryl methyl sites for hydroxylation is 1. The predicted molar refractivity (Wildman–Crippen MR) is 89.9 cm³/mol. The molecule has 2 atom stereocenters. The van der Waals surface area contributed by atoms with Crippen LogP contribution in [-0.4, -0.2) is 38.7 Å². The highest BCUT2D eigenvalue weighted by atomic mass is 19.1. The summed E-state index contributed by atoms with van der Waals surface area (Å²) in [5, 5.41) is 3.56. The number of nitrogens with zero attached hydrogens (tertiary/aromatic N) is 4. The molecule has 1 aliphatic carbocycles. The zero-order valence-corrected chi connectivity index (χ0v) is 13.7. The summed E-state index contributed by atoms with van der Waals surface area (Å²) < 4.78 is 20.2. The van der Waals surface area contributed by atoms with Crippen LogP contribution in [0.1, 0.15) is 6.42 Å². The van der Waals surface area contributed by atoms with Crippen LogP contribution in [0.3, 0.4) is 0 Å². The monoisotopic (exact) mass is 341 g/mol. The molecule has 0 bridgehead atoms. The van der Waals surface area contributed by atoms with Gasteiger partial charge in [-0.15, -0.1) is 0 Å². The van der Waals surface area contributed by atoms with Gasteiger partial charge in [0.2, 0.25) is 11.8 Å². The van der Waals surface area contributed by atoms with Crippen LogP contribution >= 0.6 is 0 Å². The molecular formula is C17H16FN5O2. The van der Waals surface area contributed by atoms with Gasteiger partial charge in [0, 0.05) is 18.6 Å². The van der Waals surface area contributed by atoms with Gasteiger partial charge in [0.15, 0.2) is 0 Å². The lowest BCUT2D eigenvalue weighted by Crippen LogP contribution is -2.15. The van der Waals surface area contributed by atoms with E-state index in [1.807, 2.05) is 17.7 Å². The number of alkyl halides is 1. The molecule has 7 nitrogen and oxygen atoms in total. The van der Waals surface area contributed by atoms with Crippen LogP contribution < -0.4 is 10.1 Å². The molecule has 1 saturated carbocycles. The zero-order valence-electron chi connectivity index (χ0n) is 13.7. The van der Waals surface area contributed by atoms with E-state index in [0.717, 1.165) is 22.2 Å². The molecular weight excluding hydrogens is 325 g/mol. The minimum absolute atomic E-state index is 0.289. The normalized spacial score (nSPS) is 19.0. The average Bonchev–Trinajstić information content (AvgIpc) is 3.27. The second-order valence-electron chi connectivity index (χ2n) is 6.01. The first-order valence-corrected chi connectivity index (χ1v) is 7.83. The Labute approximate surface area is 142 Å². The molecule has 25 heavy (non-hydrogen) atoms. The van der Waals surface area contributed by atoms with E-state index in [0.29, 0.717) is 11.7 Å². The summed E-state index contributed by atoms with van der Waals surface area (Å²) in [5.41, 5.74) is 2.50. The third-order valence-corrected chi connectivity index (χ3v) is 4.37. The fraction of sp³-hybridized carbons (Fsp3) is 0.294. The van der Waals surface area contributed by atoms with Crippen molar-refractivity contribution in [2.45, 2.75) is 12.6 Å². The first kappa shape index (κ1) is 15.5. The molecule has 0 aliphatic heterocycles. The molecule has 1 N–H and O–H groups in total. The minimum atomic E-state index is -1.03. The van der Waals surface area contributed by atoms with Gasteiger partial charge in [-0.3, -0.25) is 4.79 Å². The summed E-state index contributed by atoms with van der Waals surface area (Å²) in [6, 6.07) is 3.71. The molecule has 0 radical (unpaired) electrons. The molecule has 0 spiro atoms. The Morgan fingerprint density at radius 1 is 1.36 bits per heavy atom. The van der Waals surface area contributed by atoms with Crippen molar-refractivity contribution in [1.29, 1.82) is 0 Å². The number of aromatic nitrogens is 4. The molecule has 1 aliphatic rings. The van der Waals surface area contributed by atoms with Crippen molar-refractivity contribution in [2.75, 3.05) is 12.4 Å². The number of halogens is 1. The number of anilines is 1. The molecule has 2 unspecified atom stereocenters. The van der Waals surface area contributed by atoms with E-state index in [9.17, 15) is 9.18 Å². The number of carbonyl (C=O) groups is 1. The number of hydrogen-bond acceptors (Lipinski definition) is 5. The maximum atomic E-state index is 13.0. The molecule has 3 heterocycles. The van der Waals surface area contributed by atoms with Crippen LogP contribution in [0, 0.1) is 5.92 Å². The number of carbonyl (C=O) groups excluding carboxylic acids is 1. The van der Waals surface area contributed by atoms with Crippen molar-refractivity contribution in [2.24, 2.45) is 13.0 Å². The number of pyridine rings is 1. The minimum Gasteiger partial charge on any atom is -0.480 e. The molecule has 3 aromatic rings. The van der Waals surface area contributed by atoms with Gasteiger partial charge in [0.1, 0.15) is 18.3 Å².